The molecule has 2 rings (SSSR count). The van der Waals surface area contributed by atoms with Crippen LogP contribution in [0.15, 0.2) is 30.3 Å². The number of ketones is 1. The Bertz CT molecular complexity index is 846. The van der Waals surface area contributed by atoms with Crippen molar-refractivity contribution < 1.29 is 23.8 Å². The minimum Gasteiger partial charge on any atom is -0.482 e. The van der Waals surface area contributed by atoms with Crippen molar-refractivity contribution in [3.05, 3.63) is 52.8 Å². The first-order chi connectivity index (χ1) is 13.0. The maximum absolute atomic E-state index is 12.4. The minimum atomic E-state index is -0.638. The number of rotatable bonds is 9. The maximum atomic E-state index is 12.4. The fourth-order valence-corrected chi connectivity index (χ4v) is 2.64. The lowest BCUT2D eigenvalue weighted by Crippen LogP contribution is -2.20. The monoisotopic (exact) mass is 370 g/mol. The highest BCUT2D eigenvalue weighted by Crippen LogP contribution is 2.16. The van der Waals surface area contributed by atoms with E-state index in [9.17, 15) is 9.59 Å². The van der Waals surface area contributed by atoms with Crippen LogP contribution < -0.4 is 4.74 Å². The highest BCUT2D eigenvalue weighted by molar-refractivity contribution is 5.99. The van der Waals surface area contributed by atoms with Gasteiger partial charge in [-0.2, -0.15) is 5.26 Å². The van der Waals surface area contributed by atoms with Gasteiger partial charge in [0.1, 0.15) is 5.75 Å². The predicted octanol–water partition coefficient (Wildman–Crippen LogP) is 2.43. The van der Waals surface area contributed by atoms with Crippen molar-refractivity contribution in [2.45, 2.75) is 20.4 Å². The van der Waals surface area contributed by atoms with Crippen molar-refractivity contribution in [3.63, 3.8) is 0 Å². The number of hydrogen-bond donors (Lipinski definition) is 0. The molecule has 142 valence electrons. The number of carbonyl (C=O) groups excluding carboxylic acids is 2. The van der Waals surface area contributed by atoms with E-state index < -0.39 is 5.97 Å². The summed E-state index contributed by atoms with van der Waals surface area (Å²) in [6.45, 7) is 4.31. The molecule has 0 spiro atoms. The van der Waals surface area contributed by atoms with E-state index in [0.29, 0.717) is 30.0 Å². The van der Waals surface area contributed by atoms with Crippen LogP contribution in [0.2, 0.25) is 0 Å². The van der Waals surface area contributed by atoms with E-state index in [0.717, 1.165) is 11.4 Å². The molecule has 0 aliphatic rings. The minimum absolute atomic E-state index is 0.265. The average molecular weight is 370 g/mol. The maximum Gasteiger partial charge on any atom is 0.344 e. The fourth-order valence-electron chi connectivity index (χ4n) is 2.64. The standard InChI is InChI=1S/C20H22N2O5/c1-14-10-18(15(2)22(14)8-9-25-3)19(23)12-27-20(24)13-26-17-6-4-16(11-21)5-7-17/h4-7,10H,8-9,12-13H2,1-3H3. The average Bonchev–Trinajstić information content (AvgIpc) is 2.97. The summed E-state index contributed by atoms with van der Waals surface area (Å²) in [4.78, 5) is 24.2. The van der Waals surface area contributed by atoms with E-state index in [1.165, 1.54) is 0 Å². The number of ether oxygens (including phenoxy) is 3. The van der Waals surface area contributed by atoms with Crippen LogP contribution in [0.25, 0.3) is 0 Å². The molecule has 0 aliphatic carbocycles. The summed E-state index contributed by atoms with van der Waals surface area (Å²) >= 11 is 0. The van der Waals surface area contributed by atoms with E-state index in [4.69, 9.17) is 19.5 Å². The van der Waals surface area contributed by atoms with Crippen LogP contribution in [0.1, 0.15) is 27.3 Å². The van der Waals surface area contributed by atoms with Gasteiger partial charge in [0.05, 0.1) is 18.2 Å². The Balaban J connectivity index is 1.85. The van der Waals surface area contributed by atoms with Gasteiger partial charge in [-0.15, -0.1) is 0 Å². The van der Waals surface area contributed by atoms with Crippen LogP contribution in [-0.2, 0) is 20.8 Å². The first kappa shape index (κ1) is 20.2. The quantitative estimate of drug-likeness (QED) is 0.497. The Hall–Kier alpha value is -3.11. The summed E-state index contributed by atoms with van der Waals surface area (Å²) in [5, 5.41) is 8.74. The Morgan fingerprint density at radius 2 is 1.85 bits per heavy atom. The van der Waals surface area contributed by atoms with Crippen LogP contribution in [0.4, 0.5) is 0 Å². The van der Waals surface area contributed by atoms with Gasteiger partial charge in [0.25, 0.3) is 0 Å². The lowest BCUT2D eigenvalue weighted by molar-refractivity contribution is -0.144. The second-order valence-corrected chi connectivity index (χ2v) is 5.94. The smallest absolute Gasteiger partial charge is 0.344 e. The van der Waals surface area contributed by atoms with Crippen molar-refractivity contribution in [1.29, 1.82) is 5.26 Å². The molecule has 0 unspecified atom stereocenters. The number of esters is 1. The molecule has 0 aliphatic heterocycles. The normalized spacial score (nSPS) is 10.3. The van der Waals surface area contributed by atoms with Crippen molar-refractivity contribution in [2.24, 2.45) is 0 Å². The summed E-state index contributed by atoms with van der Waals surface area (Å²) in [6.07, 6.45) is 0. The Kier molecular flexibility index (Phi) is 7.15. The molecule has 0 radical (unpaired) electrons. The van der Waals surface area contributed by atoms with Crippen LogP contribution in [0.5, 0.6) is 5.75 Å². The molecule has 0 fully saturated rings. The third-order valence-corrected chi connectivity index (χ3v) is 4.10. The highest BCUT2D eigenvalue weighted by Gasteiger charge is 2.17. The molecule has 1 heterocycles. The molecule has 0 saturated heterocycles. The number of aryl methyl sites for hydroxylation is 1. The van der Waals surface area contributed by atoms with Crippen molar-refractivity contribution >= 4 is 11.8 Å². The van der Waals surface area contributed by atoms with Gasteiger partial charge in [0.15, 0.2) is 13.2 Å². The summed E-state index contributed by atoms with van der Waals surface area (Å²) in [5.41, 5.74) is 2.80. The zero-order valence-electron chi connectivity index (χ0n) is 15.7. The molecule has 0 atom stereocenters. The van der Waals surface area contributed by atoms with Crippen molar-refractivity contribution in [1.82, 2.24) is 4.57 Å². The SMILES string of the molecule is COCCn1c(C)cc(C(=O)COC(=O)COc2ccc(C#N)cc2)c1C. The number of hydrogen-bond acceptors (Lipinski definition) is 6. The molecule has 0 N–H and O–H groups in total. The number of benzene rings is 1. The molecule has 0 saturated carbocycles. The third kappa shape index (κ3) is 5.43. The Morgan fingerprint density at radius 3 is 2.48 bits per heavy atom. The van der Waals surface area contributed by atoms with E-state index in [1.54, 1.807) is 37.4 Å². The first-order valence-electron chi connectivity index (χ1n) is 8.43. The largest absolute Gasteiger partial charge is 0.482 e. The number of methoxy groups -OCH3 is 1. The molecule has 27 heavy (non-hydrogen) atoms. The van der Waals surface area contributed by atoms with E-state index in [-0.39, 0.29) is 19.0 Å². The zero-order chi connectivity index (χ0) is 19.8. The van der Waals surface area contributed by atoms with Gasteiger partial charge in [-0.05, 0) is 44.2 Å². The van der Waals surface area contributed by atoms with Gasteiger partial charge in [-0.25, -0.2) is 4.79 Å². The lowest BCUT2D eigenvalue weighted by atomic mass is 10.1. The topological polar surface area (TPSA) is 90.6 Å². The van der Waals surface area contributed by atoms with Crippen LogP contribution in [-0.4, -0.2) is 43.3 Å². The Labute approximate surface area is 158 Å². The van der Waals surface area contributed by atoms with Gasteiger partial charge in [-0.3, -0.25) is 4.79 Å². The lowest BCUT2D eigenvalue weighted by Gasteiger charge is -2.09. The highest BCUT2D eigenvalue weighted by atomic mass is 16.6. The van der Waals surface area contributed by atoms with E-state index >= 15 is 0 Å². The first-order valence-corrected chi connectivity index (χ1v) is 8.43. The number of Topliss-reactive ketones (excluding diaryl/α,β-unsaturated/α-hetero) is 1. The molecule has 7 nitrogen and oxygen atoms in total. The number of nitrogens with zero attached hydrogens (tertiary/aromatic N) is 2. The van der Waals surface area contributed by atoms with Crippen LogP contribution in [0.3, 0.4) is 0 Å². The molecule has 0 amide bonds. The van der Waals surface area contributed by atoms with Gasteiger partial charge in [-0.1, -0.05) is 0 Å². The van der Waals surface area contributed by atoms with Crippen molar-refractivity contribution in [2.75, 3.05) is 26.9 Å². The van der Waals surface area contributed by atoms with E-state index in [2.05, 4.69) is 0 Å². The second kappa shape index (κ2) is 9.55. The van der Waals surface area contributed by atoms with Gasteiger partial charge in [0, 0.05) is 30.6 Å². The molecular formula is C20H22N2O5. The van der Waals surface area contributed by atoms with Crippen LogP contribution in [0, 0.1) is 25.2 Å². The fraction of sp³-hybridized carbons (Fsp3) is 0.350. The number of carbonyl (C=O) groups is 2. The third-order valence-electron chi connectivity index (χ3n) is 4.10. The van der Waals surface area contributed by atoms with Gasteiger partial charge >= 0.3 is 5.97 Å². The number of nitriles is 1. The Morgan fingerprint density at radius 1 is 1.15 bits per heavy atom. The van der Waals surface area contributed by atoms with Gasteiger partial charge < -0.3 is 18.8 Å². The molecular weight excluding hydrogens is 348 g/mol. The predicted molar refractivity (Wildman–Crippen MR) is 97.7 cm³/mol. The molecule has 7 heteroatoms. The second-order valence-electron chi connectivity index (χ2n) is 5.94. The van der Waals surface area contributed by atoms with Crippen LogP contribution >= 0.6 is 0 Å². The molecule has 1 aromatic heterocycles. The molecule has 0 bridgehead atoms. The van der Waals surface area contributed by atoms with Gasteiger partial charge in [0.2, 0.25) is 5.78 Å². The number of aromatic nitrogens is 1. The molecule has 2 aromatic rings. The molecule has 1 aromatic carbocycles. The summed E-state index contributed by atoms with van der Waals surface area (Å²) in [7, 11) is 1.62. The van der Waals surface area contributed by atoms with E-state index in [1.807, 2.05) is 24.5 Å². The van der Waals surface area contributed by atoms with Crippen molar-refractivity contribution in [3.8, 4) is 11.8 Å². The summed E-state index contributed by atoms with van der Waals surface area (Å²) in [5.74, 6) is -0.460. The summed E-state index contributed by atoms with van der Waals surface area (Å²) in [6, 6.07) is 10.1. The zero-order valence-corrected chi connectivity index (χ0v) is 15.7. The summed E-state index contributed by atoms with van der Waals surface area (Å²) < 4.78 is 17.4.